The van der Waals surface area contributed by atoms with Gasteiger partial charge in [0, 0.05) is 12.8 Å². The average molecular weight is 434 g/mol. The molecule has 1 N–H and O–H groups in total. The summed E-state index contributed by atoms with van der Waals surface area (Å²) in [6.07, 6.45) is 1.03. The maximum absolute atomic E-state index is 12.0. The fraction of sp³-hybridized carbons (Fsp3) is 0.231. The van der Waals surface area contributed by atoms with Crippen LogP contribution >= 0.6 is 0 Å². The number of methoxy groups -OCH3 is 2. The molecule has 166 valence electrons. The van der Waals surface area contributed by atoms with E-state index in [0.29, 0.717) is 40.2 Å². The van der Waals surface area contributed by atoms with E-state index in [9.17, 15) is 14.7 Å². The quantitative estimate of drug-likeness (QED) is 0.364. The zero-order valence-electron chi connectivity index (χ0n) is 18.1. The number of rotatable bonds is 11. The summed E-state index contributed by atoms with van der Waals surface area (Å²) in [7, 11) is 3.17. The Balaban J connectivity index is 1.99. The Labute approximate surface area is 187 Å². The van der Waals surface area contributed by atoms with Gasteiger partial charge in [-0.2, -0.15) is 0 Å². The number of Topliss-reactive ketones (excluding diaryl/α,β-unsaturated/α-hetero) is 1. The molecule has 0 radical (unpaired) electrons. The molecule has 6 nitrogen and oxygen atoms in total. The minimum atomic E-state index is -1.49. The Bertz CT molecular complexity index is 993. The summed E-state index contributed by atoms with van der Waals surface area (Å²) in [6, 6.07) is 21.4. The van der Waals surface area contributed by atoms with Gasteiger partial charge in [-0.3, -0.25) is 4.79 Å². The number of benzene rings is 3. The average Bonchev–Trinajstić information content (AvgIpc) is 2.86. The van der Waals surface area contributed by atoms with Crippen LogP contribution in [0, 0.1) is 0 Å². The van der Waals surface area contributed by atoms with Gasteiger partial charge in [-0.1, -0.05) is 36.4 Å². The van der Waals surface area contributed by atoms with E-state index in [1.807, 2.05) is 0 Å². The summed E-state index contributed by atoms with van der Waals surface area (Å²) in [4.78, 5) is 22.3. The van der Waals surface area contributed by atoms with Crippen LogP contribution in [0.3, 0.4) is 0 Å². The van der Waals surface area contributed by atoms with Crippen LogP contribution in [0.25, 0.3) is 0 Å². The molecular formula is C26H26O6. The molecule has 0 bridgehead atoms. The molecule has 0 aliphatic carbocycles. The molecule has 3 aromatic carbocycles. The highest BCUT2D eigenvalue weighted by Gasteiger charge is 2.34. The van der Waals surface area contributed by atoms with Crippen LogP contribution < -0.4 is 14.2 Å². The highest BCUT2D eigenvalue weighted by atomic mass is 16.5. The fourth-order valence-electron chi connectivity index (χ4n) is 3.43. The van der Waals surface area contributed by atoms with Crippen molar-refractivity contribution < 1.29 is 28.9 Å². The second-order valence-electron chi connectivity index (χ2n) is 7.23. The molecule has 0 aromatic heterocycles. The molecule has 0 atom stereocenters. The van der Waals surface area contributed by atoms with Crippen molar-refractivity contribution in [3.05, 3.63) is 89.5 Å². The molecular weight excluding hydrogens is 408 g/mol. The first kappa shape index (κ1) is 23.0. The molecule has 0 aliphatic rings. The minimum Gasteiger partial charge on any atom is -0.497 e. The molecule has 0 spiro atoms. The maximum atomic E-state index is 12.0. The third kappa shape index (κ3) is 5.15. The maximum Gasteiger partial charge on any atom is 0.170 e. The van der Waals surface area contributed by atoms with Crippen LogP contribution in [0.5, 0.6) is 17.2 Å². The number of hydrogen-bond donors (Lipinski definition) is 1. The highest BCUT2D eigenvalue weighted by molar-refractivity contribution is 5.81. The van der Waals surface area contributed by atoms with Gasteiger partial charge in [0.15, 0.2) is 5.78 Å². The number of ketones is 1. The second kappa shape index (κ2) is 10.6. The molecule has 0 amide bonds. The van der Waals surface area contributed by atoms with Crippen LogP contribution in [-0.2, 0) is 15.2 Å². The highest BCUT2D eigenvalue weighted by Crippen LogP contribution is 2.39. The van der Waals surface area contributed by atoms with Crippen LogP contribution in [0.2, 0.25) is 0 Å². The van der Waals surface area contributed by atoms with Crippen molar-refractivity contribution in [3.8, 4) is 17.2 Å². The van der Waals surface area contributed by atoms with Gasteiger partial charge in [-0.15, -0.1) is 0 Å². The lowest BCUT2D eigenvalue weighted by molar-refractivity contribution is -0.122. The first-order valence-electron chi connectivity index (χ1n) is 10.2. The predicted molar refractivity (Wildman–Crippen MR) is 120 cm³/mol. The molecule has 6 heteroatoms. The van der Waals surface area contributed by atoms with E-state index >= 15 is 0 Å². The van der Waals surface area contributed by atoms with Crippen LogP contribution in [0.4, 0.5) is 0 Å². The summed E-state index contributed by atoms with van der Waals surface area (Å²) in [5.74, 6) is 1.64. The zero-order chi connectivity index (χ0) is 23.0. The van der Waals surface area contributed by atoms with E-state index < -0.39 is 5.60 Å². The first-order valence-corrected chi connectivity index (χ1v) is 10.2. The summed E-state index contributed by atoms with van der Waals surface area (Å²) in [5.41, 5.74) is 0.371. The van der Waals surface area contributed by atoms with Crippen molar-refractivity contribution in [2.75, 3.05) is 20.8 Å². The number of aldehydes is 1. The fourth-order valence-corrected chi connectivity index (χ4v) is 3.43. The van der Waals surface area contributed by atoms with Crippen LogP contribution in [0.15, 0.2) is 72.8 Å². The molecule has 0 fully saturated rings. The second-order valence-corrected chi connectivity index (χ2v) is 7.23. The Morgan fingerprint density at radius 1 is 0.844 bits per heavy atom. The van der Waals surface area contributed by atoms with E-state index in [4.69, 9.17) is 14.2 Å². The molecule has 0 aliphatic heterocycles. The van der Waals surface area contributed by atoms with Gasteiger partial charge in [0.2, 0.25) is 0 Å². The van der Waals surface area contributed by atoms with Crippen molar-refractivity contribution in [1.29, 1.82) is 0 Å². The van der Waals surface area contributed by atoms with Gasteiger partial charge in [0.05, 0.1) is 14.2 Å². The molecule has 3 rings (SSSR count). The number of hydrogen-bond acceptors (Lipinski definition) is 6. The molecule has 0 unspecified atom stereocenters. The van der Waals surface area contributed by atoms with Crippen molar-refractivity contribution in [2.24, 2.45) is 0 Å². The van der Waals surface area contributed by atoms with Crippen molar-refractivity contribution in [3.63, 3.8) is 0 Å². The summed E-state index contributed by atoms with van der Waals surface area (Å²) < 4.78 is 16.1. The third-order valence-corrected chi connectivity index (χ3v) is 5.21. The SMILES string of the molecule is COc1ccc(C(O)(c2ccc(OC)cc2)c2cccc(OCC(=O)CCC=O)c2)cc1. The standard InChI is InChI=1S/C26H26O6/c1-30-23-12-8-19(9-13-23)26(29,20-10-14-24(31-2)15-11-20)21-5-3-7-25(17-21)32-18-22(28)6-4-16-27/h3,5,7-17,29H,4,6,18H2,1-2H3. The minimum absolute atomic E-state index is 0.138. The van der Waals surface area contributed by atoms with E-state index in [-0.39, 0.29) is 25.2 Å². The molecule has 0 heterocycles. The van der Waals surface area contributed by atoms with E-state index in [1.165, 1.54) is 0 Å². The zero-order valence-corrected chi connectivity index (χ0v) is 18.1. The lowest BCUT2D eigenvalue weighted by Crippen LogP contribution is -2.29. The Morgan fingerprint density at radius 3 is 1.91 bits per heavy atom. The van der Waals surface area contributed by atoms with Crippen molar-refractivity contribution in [1.82, 2.24) is 0 Å². The largest absolute Gasteiger partial charge is 0.497 e. The Hall–Kier alpha value is -3.64. The lowest BCUT2D eigenvalue weighted by atomic mass is 9.80. The van der Waals surface area contributed by atoms with Gasteiger partial charge in [-0.25, -0.2) is 0 Å². The number of aliphatic hydroxyl groups is 1. The monoisotopic (exact) mass is 434 g/mol. The first-order chi connectivity index (χ1) is 15.5. The molecule has 0 saturated carbocycles. The Morgan fingerprint density at radius 2 is 1.41 bits per heavy atom. The van der Waals surface area contributed by atoms with Crippen molar-refractivity contribution in [2.45, 2.75) is 18.4 Å². The molecule has 3 aromatic rings. The smallest absolute Gasteiger partial charge is 0.170 e. The topological polar surface area (TPSA) is 82.1 Å². The lowest BCUT2D eigenvalue weighted by Gasteiger charge is -2.30. The number of carbonyl (C=O) groups is 2. The van der Waals surface area contributed by atoms with E-state index in [2.05, 4.69) is 0 Å². The predicted octanol–water partition coefficient (Wildman–Crippen LogP) is 3.92. The van der Waals surface area contributed by atoms with E-state index in [0.717, 1.165) is 0 Å². The van der Waals surface area contributed by atoms with Gasteiger partial charge in [-0.05, 0) is 53.1 Å². The third-order valence-electron chi connectivity index (χ3n) is 5.21. The van der Waals surface area contributed by atoms with Crippen LogP contribution in [0.1, 0.15) is 29.5 Å². The summed E-state index contributed by atoms with van der Waals surface area (Å²) in [6.45, 7) is -0.138. The van der Waals surface area contributed by atoms with Gasteiger partial charge in [0.1, 0.15) is 35.7 Å². The number of carbonyl (C=O) groups excluding carboxylic acids is 2. The summed E-state index contributed by atoms with van der Waals surface area (Å²) >= 11 is 0. The normalized spacial score (nSPS) is 11.0. The van der Waals surface area contributed by atoms with Gasteiger partial charge in [0.25, 0.3) is 0 Å². The van der Waals surface area contributed by atoms with Crippen molar-refractivity contribution >= 4 is 12.1 Å². The van der Waals surface area contributed by atoms with Crippen LogP contribution in [-0.4, -0.2) is 38.0 Å². The van der Waals surface area contributed by atoms with Gasteiger partial charge < -0.3 is 24.1 Å². The summed E-state index contributed by atoms with van der Waals surface area (Å²) in [5, 5.41) is 12.0. The molecule has 0 saturated heterocycles. The molecule has 32 heavy (non-hydrogen) atoms. The number of ether oxygens (including phenoxy) is 3. The van der Waals surface area contributed by atoms with Gasteiger partial charge >= 0.3 is 0 Å². The Kier molecular flexibility index (Phi) is 7.63. The van der Waals surface area contributed by atoms with E-state index in [1.54, 1.807) is 87.0 Å².